The predicted octanol–water partition coefficient (Wildman–Crippen LogP) is 3.55. The minimum absolute atomic E-state index is 0.535. The third-order valence-corrected chi connectivity index (χ3v) is 3.94. The van der Waals surface area contributed by atoms with Crippen LogP contribution < -0.4 is 0 Å². The molecule has 0 amide bonds. The van der Waals surface area contributed by atoms with Crippen LogP contribution in [0.15, 0.2) is 12.7 Å². The van der Waals surface area contributed by atoms with Crippen LogP contribution in [0.2, 0.25) is 0 Å². The maximum Gasteiger partial charge on any atom is 0.0648 e. The monoisotopic (exact) mass is 194 g/mol. The van der Waals surface area contributed by atoms with Gasteiger partial charge in [0.05, 0.1) is 12.7 Å². The van der Waals surface area contributed by atoms with Gasteiger partial charge in [-0.2, -0.15) is 0 Å². The highest BCUT2D eigenvalue weighted by Gasteiger charge is 2.32. The first-order valence-corrected chi connectivity index (χ1v) is 6.12. The van der Waals surface area contributed by atoms with E-state index >= 15 is 0 Å². The maximum absolute atomic E-state index is 5.76. The molecule has 3 atom stereocenters. The molecular formula is C13H22O. The highest BCUT2D eigenvalue weighted by molar-refractivity contribution is 4.84. The summed E-state index contributed by atoms with van der Waals surface area (Å²) in [6.45, 7) is 4.44. The van der Waals surface area contributed by atoms with E-state index in [2.05, 4.69) is 6.58 Å². The summed E-state index contributed by atoms with van der Waals surface area (Å²) in [5.74, 6) is 2.01. The molecule has 0 bridgehead atoms. The molecule has 3 unspecified atom stereocenters. The van der Waals surface area contributed by atoms with E-state index in [0.717, 1.165) is 18.4 Å². The van der Waals surface area contributed by atoms with Gasteiger partial charge >= 0.3 is 0 Å². The van der Waals surface area contributed by atoms with Crippen molar-refractivity contribution in [3.63, 3.8) is 0 Å². The molecule has 0 N–H and O–H groups in total. The minimum atomic E-state index is 0.535. The molecule has 0 aliphatic heterocycles. The van der Waals surface area contributed by atoms with Crippen molar-refractivity contribution in [2.24, 2.45) is 11.8 Å². The normalized spacial score (nSPS) is 37.6. The summed E-state index contributed by atoms with van der Waals surface area (Å²) in [6, 6.07) is 0. The van der Waals surface area contributed by atoms with Gasteiger partial charge in [0.1, 0.15) is 0 Å². The largest absolute Gasteiger partial charge is 0.374 e. The van der Waals surface area contributed by atoms with Crippen LogP contribution in [0, 0.1) is 11.8 Å². The molecule has 0 radical (unpaired) electrons. The first kappa shape index (κ1) is 10.2. The van der Waals surface area contributed by atoms with Crippen molar-refractivity contribution in [3.8, 4) is 0 Å². The zero-order valence-corrected chi connectivity index (χ0v) is 9.08. The number of hydrogen-bond donors (Lipinski definition) is 0. The number of rotatable bonds is 3. The molecule has 1 heteroatoms. The molecule has 2 fully saturated rings. The molecule has 2 aliphatic rings. The lowest BCUT2D eigenvalue weighted by molar-refractivity contribution is -0.000435. The van der Waals surface area contributed by atoms with Gasteiger partial charge in [0.15, 0.2) is 0 Å². The summed E-state index contributed by atoms with van der Waals surface area (Å²) in [6.07, 6.45) is 12.3. The Morgan fingerprint density at radius 2 is 1.86 bits per heavy atom. The van der Waals surface area contributed by atoms with Crippen LogP contribution in [0.1, 0.15) is 44.9 Å². The topological polar surface area (TPSA) is 9.23 Å². The van der Waals surface area contributed by atoms with Crippen LogP contribution in [0.4, 0.5) is 0 Å². The molecule has 0 aromatic heterocycles. The predicted molar refractivity (Wildman–Crippen MR) is 59.2 cm³/mol. The fraction of sp³-hybridized carbons (Fsp3) is 0.846. The van der Waals surface area contributed by atoms with Gasteiger partial charge in [0.2, 0.25) is 0 Å². The van der Waals surface area contributed by atoms with Crippen LogP contribution in [-0.4, -0.2) is 12.7 Å². The van der Waals surface area contributed by atoms with E-state index in [1.165, 1.54) is 44.9 Å². The third kappa shape index (κ3) is 2.38. The van der Waals surface area contributed by atoms with Crippen LogP contribution in [-0.2, 0) is 4.74 Å². The second kappa shape index (κ2) is 4.97. The zero-order chi connectivity index (χ0) is 9.80. The first-order valence-electron chi connectivity index (χ1n) is 6.12. The van der Waals surface area contributed by atoms with Gasteiger partial charge < -0.3 is 4.74 Å². The highest BCUT2D eigenvalue weighted by Crippen LogP contribution is 2.41. The minimum Gasteiger partial charge on any atom is -0.374 e. The molecule has 0 spiro atoms. The molecule has 0 aromatic carbocycles. The number of fused-ring (bicyclic) bond motifs is 1. The SMILES string of the molecule is C=CCOC1CCC2CCCCC2C1. The summed E-state index contributed by atoms with van der Waals surface area (Å²) in [4.78, 5) is 0. The molecule has 0 heterocycles. The Morgan fingerprint density at radius 1 is 1.07 bits per heavy atom. The fourth-order valence-electron chi connectivity index (χ4n) is 3.19. The van der Waals surface area contributed by atoms with Gasteiger partial charge in [-0.3, -0.25) is 0 Å². The molecule has 2 aliphatic carbocycles. The van der Waals surface area contributed by atoms with Crippen molar-refractivity contribution in [3.05, 3.63) is 12.7 Å². The van der Waals surface area contributed by atoms with E-state index in [4.69, 9.17) is 4.74 Å². The maximum atomic E-state index is 5.76. The Morgan fingerprint density at radius 3 is 2.64 bits per heavy atom. The van der Waals surface area contributed by atoms with Crippen LogP contribution in [0.5, 0.6) is 0 Å². The molecule has 80 valence electrons. The lowest BCUT2D eigenvalue weighted by atomic mass is 9.70. The van der Waals surface area contributed by atoms with Crippen molar-refractivity contribution in [2.75, 3.05) is 6.61 Å². The first-order chi connectivity index (χ1) is 6.90. The van der Waals surface area contributed by atoms with Gasteiger partial charge in [-0.25, -0.2) is 0 Å². The highest BCUT2D eigenvalue weighted by atomic mass is 16.5. The van der Waals surface area contributed by atoms with E-state index in [9.17, 15) is 0 Å². The van der Waals surface area contributed by atoms with Crippen LogP contribution in [0.3, 0.4) is 0 Å². The number of hydrogen-bond acceptors (Lipinski definition) is 1. The fourth-order valence-corrected chi connectivity index (χ4v) is 3.19. The van der Waals surface area contributed by atoms with Gasteiger partial charge in [-0.05, 0) is 31.1 Å². The molecule has 0 aromatic rings. The van der Waals surface area contributed by atoms with E-state index in [1.54, 1.807) is 0 Å². The van der Waals surface area contributed by atoms with E-state index in [0.29, 0.717) is 6.10 Å². The van der Waals surface area contributed by atoms with Crippen molar-refractivity contribution in [1.29, 1.82) is 0 Å². The van der Waals surface area contributed by atoms with Crippen molar-refractivity contribution in [2.45, 2.75) is 51.0 Å². The average Bonchev–Trinajstić information content (AvgIpc) is 2.26. The molecule has 14 heavy (non-hydrogen) atoms. The number of ether oxygens (including phenoxy) is 1. The van der Waals surface area contributed by atoms with Crippen LogP contribution >= 0.6 is 0 Å². The van der Waals surface area contributed by atoms with Crippen molar-refractivity contribution in [1.82, 2.24) is 0 Å². The lowest BCUT2D eigenvalue weighted by Gasteiger charge is -2.39. The smallest absolute Gasteiger partial charge is 0.0648 e. The second-order valence-electron chi connectivity index (χ2n) is 4.86. The lowest BCUT2D eigenvalue weighted by Crippen LogP contribution is -2.31. The average molecular weight is 194 g/mol. The molecule has 1 nitrogen and oxygen atoms in total. The zero-order valence-electron chi connectivity index (χ0n) is 9.08. The van der Waals surface area contributed by atoms with Gasteiger partial charge in [-0.15, -0.1) is 6.58 Å². The summed E-state index contributed by atoms with van der Waals surface area (Å²) in [5.41, 5.74) is 0. The van der Waals surface area contributed by atoms with E-state index < -0.39 is 0 Å². The Labute approximate surface area is 87.5 Å². The Hall–Kier alpha value is -0.300. The Bertz CT molecular complexity index is 188. The van der Waals surface area contributed by atoms with Crippen molar-refractivity contribution < 1.29 is 4.74 Å². The van der Waals surface area contributed by atoms with E-state index in [-0.39, 0.29) is 0 Å². The Kier molecular flexibility index (Phi) is 3.63. The standard InChI is InChI=1S/C13H22O/c1-2-9-14-13-8-7-11-5-3-4-6-12(11)10-13/h2,11-13H,1,3-10H2. The third-order valence-electron chi connectivity index (χ3n) is 3.94. The van der Waals surface area contributed by atoms with Gasteiger partial charge in [0.25, 0.3) is 0 Å². The van der Waals surface area contributed by atoms with Crippen LogP contribution in [0.25, 0.3) is 0 Å². The van der Waals surface area contributed by atoms with Crippen molar-refractivity contribution >= 4 is 0 Å². The Balaban J connectivity index is 1.80. The summed E-state index contributed by atoms with van der Waals surface area (Å²) < 4.78 is 5.76. The van der Waals surface area contributed by atoms with Gasteiger partial charge in [0, 0.05) is 0 Å². The summed E-state index contributed by atoms with van der Waals surface area (Å²) >= 11 is 0. The molecular weight excluding hydrogens is 172 g/mol. The van der Waals surface area contributed by atoms with E-state index in [1.807, 2.05) is 6.08 Å². The molecule has 2 rings (SSSR count). The van der Waals surface area contributed by atoms with Gasteiger partial charge in [-0.1, -0.05) is 31.8 Å². The summed E-state index contributed by atoms with van der Waals surface area (Å²) in [7, 11) is 0. The molecule has 2 saturated carbocycles. The second-order valence-corrected chi connectivity index (χ2v) is 4.86. The molecule has 0 saturated heterocycles. The summed E-state index contributed by atoms with van der Waals surface area (Å²) in [5, 5.41) is 0. The quantitative estimate of drug-likeness (QED) is 0.624.